The van der Waals surface area contributed by atoms with Gasteiger partial charge in [-0.25, -0.2) is 13.4 Å². The third-order valence-electron chi connectivity index (χ3n) is 4.82. The predicted octanol–water partition coefficient (Wildman–Crippen LogP) is 2.79. The Kier molecular flexibility index (Phi) is 5.84. The summed E-state index contributed by atoms with van der Waals surface area (Å²) < 4.78 is 56.8. The van der Waals surface area contributed by atoms with Gasteiger partial charge in [0.15, 0.2) is 14.6 Å². The molecule has 1 aliphatic carbocycles. The molecule has 0 N–H and O–H groups in total. The molecule has 0 amide bonds. The molecule has 1 aliphatic rings. The Labute approximate surface area is 171 Å². The lowest BCUT2D eigenvalue weighted by atomic mass is 9.92. The Balaban J connectivity index is 1.91. The second-order valence-corrected chi connectivity index (χ2v) is 10.9. The highest BCUT2D eigenvalue weighted by molar-refractivity contribution is 7.91. The Morgan fingerprint density at radius 1 is 1.14 bits per heavy atom. The van der Waals surface area contributed by atoms with E-state index in [1.54, 1.807) is 19.1 Å². The monoisotopic (exact) mass is 437 g/mol. The van der Waals surface area contributed by atoms with Gasteiger partial charge < -0.3 is 4.42 Å². The second-order valence-electron chi connectivity index (χ2n) is 7.02. The van der Waals surface area contributed by atoms with Crippen molar-refractivity contribution in [3.05, 3.63) is 71.5 Å². The molecule has 0 bridgehead atoms. The molecular formula is C20H23NO6S2. The number of sulfone groups is 1. The molecule has 0 saturated carbocycles. The zero-order chi connectivity index (χ0) is 21.3. The first kappa shape index (κ1) is 21.5. The fourth-order valence-electron chi connectivity index (χ4n) is 3.19. The molecule has 0 fully saturated rings. The lowest BCUT2D eigenvalue weighted by molar-refractivity contribution is 0.324. The largest absolute Gasteiger partial charge is 0.444 e. The molecule has 1 atom stereocenters. The normalized spacial score (nSPS) is 19.9. The van der Waals surface area contributed by atoms with Crippen molar-refractivity contribution in [3.63, 3.8) is 0 Å². The number of aryl methyl sites for hydroxylation is 1. The molecule has 0 radical (unpaired) electrons. The van der Waals surface area contributed by atoms with Gasteiger partial charge in [0.1, 0.15) is 5.76 Å². The fraction of sp³-hybridized carbons (Fsp3) is 0.350. The molecule has 29 heavy (non-hydrogen) atoms. The number of hydrogen-bond donors (Lipinski definition) is 0. The van der Waals surface area contributed by atoms with Crippen molar-refractivity contribution < 1.29 is 25.4 Å². The number of aromatic nitrogens is 1. The fourth-order valence-corrected chi connectivity index (χ4v) is 4.68. The first-order valence-corrected chi connectivity index (χ1v) is 12.7. The Bertz CT molecular complexity index is 1160. The summed E-state index contributed by atoms with van der Waals surface area (Å²) in [4.78, 5) is 4.39. The lowest BCUT2D eigenvalue weighted by Gasteiger charge is -2.27. The molecule has 0 spiro atoms. The first-order valence-electron chi connectivity index (χ1n) is 8.97. The number of rotatable bonds is 7. The zero-order valence-corrected chi connectivity index (χ0v) is 18.1. The zero-order valence-electron chi connectivity index (χ0n) is 16.5. The lowest BCUT2D eigenvalue weighted by Crippen LogP contribution is -2.34. The standard InChI is InChI=1S/C20H23NO6S2/c1-15-18(11-14-26-29(3,24)25)21-19(27-15)20(28(2,22)23)12-9-17(10-13-20)16-7-5-4-6-8-16/h4-10,12H,11,13-14H2,1-3H3. The van der Waals surface area contributed by atoms with Crippen molar-refractivity contribution in [1.82, 2.24) is 4.98 Å². The van der Waals surface area contributed by atoms with Gasteiger partial charge in [0.2, 0.25) is 5.89 Å². The van der Waals surface area contributed by atoms with Crippen molar-refractivity contribution >= 4 is 25.5 Å². The Hall–Kier alpha value is -2.23. The van der Waals surface area contributed by atoms with Crippen molar-refractivity contribution in [3.8, 4) is 0 Å². The molecule has 1 heterocycles. The van der Waals surface area contributed by atoms with E-state index in [1.807, 2.05) is 36.4 Å². The summed E-state index contributed by atoms with van der Waals surface area (Å²) in [5.41, 5.74) is 2.39. The van der Waals surface area contributed by atoms with E-state index in [1.165, 1.54) is 0 Å². The first-order chi connectivity index (χ1) is 13.5. The third kappa shape index (κ3) is 4.68. The average Bonchev–Trinajstić information content (AvgIpc) is 3.02. The van der Waals surface area contributed by atoms with E-state index in [-0.39, 0.29) is 25.3 Å². The van der Waals surface area contributed by atoms with Crippen LogP contribution in [0.1, 0.15) is 29.3 Å². The predicted molar refractivity (Wildman–Crippen MR) is 110 cm³/mol. The maximum atomic E-state index is 12.7. The molecule has 1 aromatic heterocycles. The van der Waals surface area contributed by atoms with Crippen LogP contribution in [0.4, 0.5) is 0 Å². The van der Waals surface area contributed by atoms with Gasteiger partial charge in [-0.3, -0.25) is 4.18 Å². The number of benzene rings is 1. The molecule has 0 aliphatic heterocycles. The molecular weight excluding hydrogens is 414 g/mol. The van der Waals surface area contributed by atoms with Gasteiger partial charge >= 0.3 is 0 Å². The van der Waals surface area contributed by atoms with Gasteiger partial charge in [-0.05, 0) is 24.5 Å². The van der Waals surface area contributed by atoms with Crippen molar-refractivity contribution in [2.45, 2.75) is 24.5 Å². The molecule has 1 unspecified atom stereocenters. The van der Waals surface area contributed by atoms with Crippen LogP contribution in [-0.4, -0.2) is 40.9 Å². The highest BCUT2D eigenvalue weighted by Crippen LogP contribution is 2.40. The van der Waals surface area contributed by atoms with Gasteiger partial charge in [0.25, 0.3) is 10.1 Å². The minimum absolute atomic E-state index is 0.0754. The van der Waals surface area contributed by atoms with Crippen LogP contribution in [-0.2, 0) is 35.3 Å². The third-order valence-corrected chi connectivity index (χ3v) is 7.21. The number of hydrogen-bond acceptors (Lipinski definition) is 7. The van der Waals surface area contributed by atoms with Crippen LogP contribution in [0.5, 0.6) is 0 Å². The Morgan fingerprint density at radius 2 is 1.83 bits per heavy atom. The van der Waals surface area contributed by atoms with Crippen LogP contribution < -0.4 is 0 Å². The van der Waals surface area contributed by atoms with Crippen LogP contribution >= 0.6 is 0 Å². The highest BCUT2D eigenvalue weighted by Gasteiger charge is 2.45. The van der Waals surface area contributed by atoms with Crippen molar-refractivity contribution in [2.24, 2.45) is 0 Å². The molecule has 1 aromatic carbocycles. The molecule has 7 nitrogen and oxygen atoms in total. The van der Waals surface area contributed by atoms with Gasteiger partial charge in [-0.2, -0.15) is 8.42 Å². The summed E-state index contributed by atoms with van der Waals surface area (Å²) in [5, 5.41) is 0. The minimum Gasteiger partial charge on any atom is -0.444 e. The number of allylic oxidation sites excluding steroid dienone is 3. The molecule has 2 aromatic rings. The van der Waals surface area contributed by atoms with E-state index in [4.69, 9.17) is 8.60 Å². The summed E-state index contributed by atoms with van der Waals surface area (Å²) in [6, 6.07) is 9.68. The maximum Gasteiger partial charge on any atom is 0.264 e. The van der Waals surface area contributed by atoms with E-state index in [9.17, 15) is 16.8 Å². The molecule has 156 valence electrons. The van der Waals surface area contributed by atoms with Gasteiger partial charge in [-0.15, -0.1) is 0 Å². The van der Waals surface area contributed by atoms with Gasteiger partial charge in [-0.1, -0.05) is 48.6 Å². The quantitative estimate of drug-likeness (QED) is 0.614. The smallest absolute Gasteiger partial charge is 0.264 e. The maximum absolute atomic E-state index is 12.7. The highest BCUT2D eigenvalue weighted by atomic mass is 32.2. The van der Waals surface area contributed by atoms with E-state index in [2.05, 4.69) is 4.98 Å². The van der Waals surface area contributed by atoms with Crippen LogP contribution in [0.25, 0.3) is 5.57 Å². The van der Waals surface area contributed by atoms with Crippen LogP contribution in [0.2, 0.25) is 0 Å². The van der Waals surface area contributed by atoms with E-state index >= 15 is 0 Å². The SMILES string of the molecule is Cc1oc(C2(S(C)(=O)=O)C=CC(c3ccccc3)=CC2)nc1CCOS(C)(=O)=O. The second kappa shape index (κ2) is 7.89. The molecule has 0 saturated heterocycles. The summed E-state index contributed by atoms with van der Waals surface area (Å²) in [6.45, 7) is 1.57. The van der Waals surface area contributed by atoms with Gasteiger partial charge in [0.05, 0.1) is 18.6 Å². The minimum atomic E-state index is -3.61. The molecule has 9 heteroatoms. The molecule has 3 rings (SSSR count). The number of nitrogens with zero attached hydrogens (tertiary/aromatic N) is 1. The summed E-state index contributed by atoms with van der Waals surface area (Å²) in [7, 11) is -7.17. The van der Waals surface area contributed by atoms with Crippen LogP contribution in [0.3, 0.4) is 0 Å². The van der Waals surface area contributed by atoms with Crippen LogP contribution in [0, 0.1) is 6.92 Å². The summed E-state index contributed by atoms with van der Waals surface area (Å²) in [5.74, 6) is 0.512. The summed E-state index contributed by atoms with van der Waals surface area (Å²) in [6.07, 6.45) is 7.75. The summed E-state index contributed by atoms with van der Waals surface area (Å²) >= 11 is 0. The van der Waals surface area contributed by atoms with E-state index < -0.39 is 24.7 Å². The van der Waals surface area contributed by atoms with Crippen LogP contribution in [0.15, 0.2) is 53.0 Å². The average molecular weight is 438 g/mol. The van der Waals surface area contributed by atoms with Crippen molar-refractivity contribution in [1.29, 1.82) is 0 Å². The van der Waals surface area contributed by atoms with E-state index in [0.29, 0.717) is 11.5 Å². The van der Waals surface area contributed by atoms with Crippen molar-refractivity contribution in [2.75, 3.05) is 19.1 Å². The topological polar surface area (TPSA) is 104 Å². The van der Waals surface area contributed by atoms with Gasteiger partial charge in [0, 0.05) is 12.7 Å². The Morgan fingerprint density at radius 3 is 2.38 bits per heavy atom. The number of oxazole rings is 1. The van der Waals surface area contributed by atoms with E-state index in [0.717, 1.165) is 23.6 Å².